The van der Waals surface area contributed by atoms with E-state index in [2.05, 4.69) is 88.7 Å². The Kier molecular flexibility index (Phi) is 5.53. The normalized spacial score (nSPS) is 34.4. The Balaban J connectivity index is 1.19. The molecule has 2 aromatic carbocycles. The van der Waals surface area contributed by atoms with Gasteiger partial charge in [-0.05, 0) is 168 Å². The molecule has 7 atom stereocenters. The predicted octanol–water partition coefficient (Wildman–Crippen LogP) is 13.5. The van der Waals surface area contributed by atoms with E-state index in [1.807, 2.05) is 0 Å². The van der Waals surface area contributed by atoms with Gasteiger partial charge in [-0.1, -0.05) is 65.8 Å². The lowest BCUT2D eigenvalue weighted by Gasteiger charge is -2.48. The summed E-state index contributed by atoms with van der Waals surface area (Å²) in [6.07, 6.45) is 21.0. The monoisotopic (exact) mass is 723 g/mol. The Bertz CT molecular complexity index is 2680. The van der Waals surface area contributed by atoms with Gasteiger partial charge in [-0.2, -0.15) is 0 Å². The second kappa shape index (κ2) is 9.62. The number of benzene rings is 2. The van der Waals surface area contributed by atoms with Crippen LogP contribution in [0.1, 0.15) is 176 Å². The molecule has 5 saturated carbocycles. The molecular formula is C52H57N3. The van der Waals surface area contributed by atoms with Crippen molar-refractivity contribution in [2.24, 2.45) is 39.9 Å². The van der Waals surface area contributed by atoms with Gasteiger partial charge in [0, 0.05) is 50.2 Å². The zero-order valence-corrected chi connectivity index (χ0v) is 34.0. The van der Waals surface area contributed by atoms with Crippen LogP contribution in [0.3, 0.4) is 0 Å². The molecular weight excluding hydrogens is 667 g/mol. The van der Waals surface area contributed by atoms with Crippen molar-refractivity contribution in [2.75, 3.05) is 0 Å². The number of aromatic nitrogens is 3. The molecule has 55 heavy (non-hydrogen) atoms. The Hall–Kier alpha value is -3.46. The van der Waals surface area contributed by atoms with Crippen LogP contribution in [0.15, 0.2) is 42.7 Å². The molecule has 3 heteroatoms. The predicted molar refractivity (Wildman–Crippen MR) is 225 cm³/mol. The van der Waals surface area contributed by atoms with Crippen LogP contribution in [0.4, 0.5) is 0 Å². The third-order valence-electron chi connectivity index (χ3n) is 18.0. The van der Waals surface area contributed by atoms with E-state index in [0.29, 0.717) is 29.1 Å². The van der Waals surface area contributed by atoms with E-state index in [0.717, 1.165) is 36.5 Å². The van der Waals surface area contributed by atoms with Crippen molar-refractivity contribution >= 4 is 38.1 Å². The number of fused-ring (bicyclic) bond motifs is 16. The Morgan fingerprint density at radius 2 is 1.25 bits per heavy atom. The van der Waals surface area contributed by atoms with E-state index < -0.39 is 0 Å². The van der Waals surface area contributed by atoms with Gasteiger partial charge < -0.3 is 4.40 Å². The fourth-order valence-corrected chi connectivity index (χ4v) is 17.3. The molecule has 0 amide bonds. The molecule has 9 aliphatic carbocycles. The summed E-state index contributed by atoms with van der Waals surface area (Å²) >= 11 is 0. The lowest BCUT2D eigenvalue weighted by molar-refractivity contribution is 0.00321. The summed E-state index contributed by atoms with van der Waals surface area (Å²) in [5.74, 6) is 6.22. The standard InChI is InChI=1S/C52H57N3/c1-49(2,3)24-52(25-50(4,5)6)37-10-8-7-9-34(37)35-19-36-42-38(22-53-46-29-14-26-11-27(15-29)13-28(12-26)40(42)46)55-39-23-54-47-31-17-33-18-32-16-30(20-51(32,33)21-31)41(47)43(39)44(45(35)52)48(36)55/h7-10,19,22-23,26-33H,11-18,20-21,24-25H2,1-6H3. The van der Waals surface area contributed by atoms with E-state index >= 15 is 0 Å². The fourth-order valence-electron chi connectivity index (χ4n) is 17.3. The van der Waals surface area contributed by atoms with Crippen LogP contribution >= 0.6 is 0 Å². The molecule has 4 aromatic heterocycles. The van der Waals surface area contributed by atoms with Gasteiger partial charge in [0.05, 0.1) is 28.9 Å². The first-order chi connectivity index (χ1) is 26.4. The minimum Gasteiger partial charge on any atom is -0.305 e. The summed E-state index contributed by atoms with van der Waals surface area (Å²) < 4.78 is 2.75. The van der Waals surface area contributed by atoms with Crippen molar-refractivity contribution in [1.29, 1.82) is 0 Å². The molecule has 0 N–H and O–H groups in total. The van der Waals surface area contributed by atoms with Gasteiger partial charge in [0.25, 0.3) is 0 Å². The molecule has 5 fully saturated rings. The smallest absolute Gasteiger partial charge is 0.0728 e. The summed E-state index contributed by atoms with van der Waals surface area (Å²) in [4.78, 5) is 11.3. The van der Waals surface area contributed by atoms with E-state index in [9.17, 15) is 0 Å². The quantitative estimate of drug-likeness (QED) is 0.178. The van der Waals surface area contributed by atoms with Crippen molar-refractivity contribution in [2.45, 2.75) is 148 Å². The maximum absolute atomic E-state index is 5.67. The average Bonchev–Trinajstić information content (AvgIpc) is 3.82. The second-order valence-electron chi connectivity index (χ2n) is 23.6. The number of hydrogen-bond donors (Lipinski definition) is 0. The highest BCUT2D eigenvalue weighted by molar-refractivity contribution is 6.28. The first-order valence-electron chi connectivity index (χ1n) is 22.6. The van der Waals surface area contributed by atoms with Crippen LogP contribution in [0.2, 0.25) is 0 Å². The molecule has 7 bridgehead atoms. The largest absolute Gasteiger partial charge is 0.305 e. The highest BCUT2D eigenvalue weighted by Crippen LogP contribution is 2.76. The molecule has 9 aliphatic rings. The van der Waals surface area contributed by atoms with Crippen molar-refractivity contribution in [3.8, 4) is 11.1 Å². The third-order valence-corrected chi connectivity index (χ3v) is 18.0. The topological polar surface area (TPSA) is 30.2 Å². The van der Waals surface area contributed by atoms with E-state index in [1.54, 1.807) is 38.4 Å². The second-order valence-corrected chi connectivity index (χ2v) is 23.6. The van der Waals surface area contributed by atoms with E-state index in [-0.39, 0.29) is 16.2 Å². The van der Waals surface area contributed by atoms with Gasteiger partial charge in [0.2, 0.25) is 0 Å². The highest BCUT2D eigenvalue weighted by atomic mass is 15.0. The Morgan fingerprint density at radius 3 is 1.98 bits per heavy atom. The summed E-state index contributed by atoms with van der Waals surface area (Å²) in [6, 6.07) is 12.5. The SMILES string of the molecule is CC(C)(C)CC1(CC(C)(C)C)c2ccccc2-c2cc3c4c5c(ncc4n4c6cnc7c(c6c(c21)c34)C1CC2CC3CC7CC32C1)C1CC2CC(C1)CC5C2. The maximum Gasteiger partial charge on any atom is 0.0728 e. The molecule has 0 aliphatic heterocycles. The average molecular weight is 724 g/mol. The van der Waals surface area contributed by atoms with Crippen molar-refractivity contribution in [1.82, 2.24) is 14.4 Å². The number of pyridine rings is 2. The molecule has 0 radical (unpaired) electrons. The van der Waals surface area contributed by atoms with Crippen LogP contribution in [0.5, 0.6) is 0 Å². The van der Waals surface area contributed by atoms with Gasteiger partial charge in [0.1, 0.15) is 0 Å². The van der Waals surface area contributed by atoms with Crippen LogP contribution in [0, 0.1) is 39.9 Å². The van der Waals surface area contributed by atoms with Crippen molar-refractivity contribution in [3.63, 3.8) is 0 Å². The van der Waals surface area contributed by atoms with Crippen LogP contribution in [0.25, 0.3) is 49.2 Å². The van der Waals surface area contributed by atoms with E-state index in [1.165, 1.54) is 109 Å². The van der Waals surface area contributed by atoms with Gasteiger partial charge in [-0.3, -0.25) is 9.97 Å². The third kappa shape index (κ3) is 3.69. The molecule has 6 aromatic rings. The molecule has 0 saturated heterocycles. The van der Waals surface area contributed by atoms with Gasteiger partial charge >= 0.3 is 0 Å². The zero-order chi connectivity index (χ0) is 36.7. The van der Waals surface area contributed by atoms with Crippen molar-refractivity contribution in [3.05, 3.63) is 76.4 Å². The number of nitrogens with zero attached hydrogens (tertiary/aromatic N) is 3. The molecule has 7 unspecified atom stereocenters. The van der Waals surface area contributed by atoms with E-state index in [4.69, 9.17) is 9.97 Å². The molecule has 280 valence electrons. The Labute approximate surface area is 326 Å². The fraction of sp³-hybridized carbons (Fsp3) is 0.577. The highest BCUT2D eigenvalue weighted by Gasteiger charge is 2.66. The summed E-state index contributed by atoms with van der Waals surface area (Å²) in [5, 5.41) is 6.29. The summed E-state index contributed by atoms with van der Waals surface area (Å²) in [6.45, 7) is 15.0. The zero-order valence-electron chi connectivity index (χ0n) is 34.0. The van der Waals surface area contributed by atoms with Gasteiger partial charge in [-0.25, -0.2) is 0 Å². The van der Waals surface area contributed by atoms with Crippen LogP contribution < -0.4 is 0 Å². The first kappa shape index (κ1) is 31.6. The van der Waals surface area contributed by atoms with Gasteiger partial charge in [-0.15, -0.1) is 0 Å². The maximum atomic E-state index is 5.67. The summed E-state index contributed by atoms with van der Waals surface area (Å²) in [7, 11) is 0. The first-order valence-corrected chi connectivity index (χ1v) is 22.6. The molecule has 3 nitrogen and oxygen atoms in total. The van der Waals surface area contributed by atoms with Gasteiger partial charge in [0.15, 0.2) is 0 Å². The minimum atomic E-state index is -0.0831. The lowest BCUT2D eigenvalue weighted by Crippen LogP contribution is -2.41. The molecule has 1 spiro atoms. The minimum absolute atomic E-state index is 0.0831. The molecule has 15 rings (SSSR count). The van der Waals surface area contributed by atoms with Crippen LogP contribution in [-0.4, -0.2) is 14.4 Å². The van der Waals surface area contributed by atoms with Crippen LogP contribution in [-0.2, 0) is 5.41 Å². The number of rotatable bonds is 2. The molecule has 4 heterocycles. The number of hydrogen-bond acceptors (Lipinski definition) is 2. The lowest BCUT2D eigenvalue weighted by atomic mass is 9.56. The summed E-state index contributed by atoms with van der Waals surface area (Å²) in [5.41, 5.74) is 17.7. The Morgan fingerprint density at radius 1 is 0.636 bits per heavy atom. The van der Waals surface area contributed by atoms with Crippen molar-refractivity contribution < 1.29 is 0 Å².